The number of carboxylic acid groups (broad SMARTS) is 1. The molecule has 0 fully saturated rings. The van der Waals surface area contributed by atoms with Gasteiger partial charge in [0.25, 0.3) is 0 Å². The van der Waals surface area contributed by atoms with Crippen molar-refractivity contribution in [3.8, 4) is 0 Å². The first kappa shape index (κ1) is 46.1. The first-order chi connectivity index (χ1) is 23.6. The lowest BCUT2D eigenvalue weighted by Gasteiger charge is -2.15. The summed E-state index contributed by atoms with van der Waals surface area (Å²) >= 11 is 0. The highest BCUT2D eigenvalue weighted by Crippen LogP contribution is 2.13. The maximum Gasteiger partial charge on any atom is 0.303 e. The minimum Gasteiger partial charge on any atom is -0.481 e. The number of carboxylic acids is 1. The Hall–Kier alpha value is -2.86. The van der Waals surface area contributed by atoms with Crippen LogP contribution in [0.5, 0.6) is 0 Å². The van der Waals surface area contributed by atoms with Gasteiger partial charge in [-0.15, -0.1) is 0 Å². The van der Waals surface area contributed by atoms with Crippen LogP contribution in [0.15, 0.2) is 0 Å². The van der Waals surface area contributed by atoms with Gasteiger partial charge in [-0.05, 0) is 58.8 Å². The van der Waals surface area contributed by atoms with Gasteiger partial charge in [-0.25, -0.2) is 0 Å². The molecular formula is C37H67N3O9. The molecule has 0 aliphatic carbocycles. The number of unbranched alkanes of at least 4 members (excludes halogenated alkanes) is 12. The largest absolute Gasteiger partial charge is 0.481 e. The fraction of sp³-hybridized carbons (Fsp3) is 0.838. The molecule has 0 bridgehead atoms. The van der Waals surface area contributed by atoms with E-state index < -0.39 is 12.0 Å². The van der Waals surface area contributed by atoms with Crippen LogP contribution in [0.2, 0.25) is 0 Å². The summed E-state index contributed by atoms with van der Waals surface area (Å²) in [5, 5.41) is 17.0. The Morgan fingerprint density at radius 1 is 0.490 bits per heavy atom. The molecule has 0 heterocycles. The maximum absolute atomic E-state index is 12.1. The lowest BCUT2D eigenvalue weighted by atomic mass is 10.0. The van der Waals surface area contributed by atoms with Crippen LogP contribution >= 0.6 is 0 Å². The van der Waals surface area contributed by atoms with Crippen molar-refractivity contribution in [1.82, 2.24) is 16.0 Å². The molecule has 0 aromatic heterocycles. The minimum absolute atomic E-state index is 0.0198. The third-order valence-corrected chi connectivity index (χ3v) is 8.14. The number of amides is 3. The van der Waals surface area contributed by atoms with E-state index in [2.05, 4.69) is 16.0 Å². The molecule has 0 rings (SSSR count). The highest BCUT2D eigenvalue weighted by Gasteiger charge is 2.18. The van der Waals surface area contributed by atoms with Crippen molar-refractivity contribution < 1.29 is 43.3 Å². The molecule has 0 aromatic carbocycles. The van der Waals surface area contributed by atoms with Crippen LogP contribution in [0, 0.1) is 0 Å². The van der Waals surface area contributed by atoms with E-state index in [1.807, 2.05) is 0 Å². The number of aliphatic carboxylic acids is 1. The van der Waals surface area contributed by atoms with E-state index in [0.717, 1.165) is 51.4 Å². The number of carbonyl (C=O) groups excluding carboxylic acids is 5. The molecule has 0 saturated carbocycles. The van der Waals surface area contributed by atoms with E-state index in [9.17, 15) is 28.8 Å². The number of hydrogen-bond acceptors (Lipinski definition) is 8. The Labute approximate surface area is 295 Å². The molecule has 0 aromatic rings. The molecule has 4 N–H and O–H groups in total. The minimum atomic E-state index is -0.701. The molecule has 284 valence electrons. The predicted octanol–water partition coefficient (Wildman–Crippen LogP) is 5.58. The molecule has 0 unspecified atom stereocenters. The van der Waals surface area contributed by atoms with Gasteiger partial charge < -0.3 is 35.3 Å². The molecule has 0 saturated heterocycles. The summed E-state index contributed by atoms with van der Waals surface area (Å²) in [6.07, 6.45) is 18.2. The summed E-state index contributed by atoms with van der Waals surface area (Å²) in [5.74, 6) is -1.46. The molecule has 49 heavy (non-hydrogen) atoms. The molecule has 3 amide bonds. The summed E-state index contributed by atoms with van der Waals surface area (Å²) in [5.41, 5.74) is 0. The Kier molecular flexibility index (Phi) is 31.7. The van der Waals surface area contributed by atoms with Gasteiger partial charge in [0.05, 0.1) is 6.04 Å². The zero-order valence-corrected chi connectivity index (χ0v) is 30.6. The maximum atomic E-state index is 12.1. The van der Waals surface area contributed by atoms with Crippen molar-refractivity contribution >= 4 is 35.3 Å². The summed E-state index contributed by atoms with van der Waals surface area (Å²) < 4.78 is 11.2. The smallest absolute Gasteiger partial charge is 0.303 e. The number of Topliss-reactive ketones (excluding diaryl/α,β-unsaturated/α-hetero) is 2. The first-order valence-electron chi connectivity index (χ1n) is 18.8. The average Bonchev–Trinajstić information content (AvgIpc) is 3.05. The monoisotopic (exact) mass is 697 g/mol. The topological polar surface area (TPSA) is 177 Å². The highest BCUT2D eigenvalue weighted by molar-refractivity contribution is 5.89. The van der Waals surface area contributed by atoms with Crippen molar-refractivity contribution in [3.05, 3.63) is 0 Å². The van der Waals surface area contributed by atoms with Gasteiger partial charge >= 0.3 is 5.97 Å². The van der Waals surface area contributed by atoms with Crippen molar-refractivity contribution in [2.75, 3.05) is 39.5 Å². The van der Waals surface area contributed by atoms with Gasteiger partial charge in [0.2, 0.25) is 17.7 Å². The summed E-state index contributed by atoms with van der Waals surface area (Å²) in [6.45, 7) is 6.31. The highest BCUT2D eigenvalue weighted by atomic mass is 16.5. The fourth-order valence-corrected chi connectivity index (χ4v) is 5.14. The third kappa shape index (κ3) is 34.8. The lowest BCUT2D eigenvalue weighted by molar-refractivity contribution is -0.137. The standard InChI is InChI=1S/C37H67N3O9/c1-31(41)21-22-33(32(2)42)40-36(45)24-23-35(44)39-26-18-30-49-28-16-15-27-48-29-17-25-38-34(43)19-13-11-9-7-5-3-4-6-8-10-12-14-20-37(46)47/h33H,3-30H2,1-2H3,(H,38,43)(H,39,44)(H,40,45)(H,46,47)/t33-/m0/s1. The van der Waals surface area contributed by atoms with Crippen LogP contribution < -0.4 is 16.0 Å². The van der Waals surface area contributed by atoms with Gasteiger partial charge in [-0.2, -0.15) is 0 Å². The van der Waals surface area contributed by atoms with E-state index in [1.54, 1.807) is 0 Å². The number of ketones is 2. The zero-order valence-electron chi connectivity index (χ0n) is 30.6. The second-order valence-electron chi connectivity index (χ2n) is 12.9. The number of ether oxygens (including phenoxy) is 2. The Balaban J connectivity index is 3.41. The van der Waals surface area contributed by atoms with Crippen molar-refractivity contribution in [1.29, 1.82) is 0 Å². The molecule has 1 atom stereocenters. The van der Waals surface area contributed by atoms with Crippen LogP contribution in [0.25, 0.3) is 0 Å². The van der Waals surface area contributed by atoms with E-state index >= 15 is 0 Å². The molecule has 0 aliphatic rings. The predicted molar refractivity (Wildman–Crippen MR) is 190 cm³/mol. The van der Waals surface area contributed by atoms with Gasteiger partial charge in [-0.3, -0.25) is 24.0 Å². The van der Waals surface area contributed by atoms with Crippen molar-refractivity contribution in [3.63, 3.8) is 0 Å². The number of carbonyl (C=O) groups is 6. The average molecular weight is 698 g/mol. The summed E-state index contributed by atoms with van der Waals surface area (Å²) in [6, 6.07) is -0.701. The Morgan fingerprint density at radius 2 is 0.898 bits per heavy atom. The van der Waals surface area contributed by atoms with Gasteiger partial charge in [0.15, 0.2) is 5.78 Å². The zero-order chi connectivity index (χ0) is 36.4. The summed E-state index contributed by atoms with van der Waals surface area (Å²) in [4.78, 5) is 69.3. The van der Waals surface area contributed by atoms with Crippen molar-refractivity contribution in [2.45, 2.75) is 161 Å². The van der Waals surface area contributed by atoms with Crippen LogP contribution in [0.4, 0.5) is 0 Å². The molecule has 12 heteroatoms. The van der Waals surface area contributed by atoms with E-state index in [-0.39, 0.29) is 55.0 Å². The number of rotatable bonds is 36. The number of nitrogens with one attached hydrogen (secondary N) is 3. The third-order valence-electron chi connectivity index (χ3n) is 8.14. The van der Waals surface area contributed by atoms with E-state index in [0.29, 0.717) is 58.8 Å². The van der Waals surface area contributed by atoms with Gasteiger partial charge in [-0.1, -0.05) is 64.2 Å². The fourth-order valence-electron chi connectivity index (χ4n) is 5.14. The van der Waals surface area contributed by atoms with Crippen LogP contribution in [-0.4, -0.2) is 85.9 Å². The first-order valence-corrected chi connectivity index (χ1v) is 18.8. The van der Waals surface area contributed by atoms with E-state index in [4.69, 9.17) is 14.6 Å². The molecule has 0 radical (unpaired) electrons. The molecular weight excluding hydrogens is 630 g/mol. The lowest BCUT2D eigenvalue weighted by Crippen LogP contribution is -2.40. The van der Waals surface area contributed by atoms with Crippen LogP contribution in [-0.2, 0) is 38.2 Å². The van der Waals surface area contributed by atoms with E-state index in [1.165, 1.54) is 58.8 Å². The molecule has 0 spiro atoms. The molecule has 0 aliphatic heterocycles. The normalized spacial score (nSPS) is 11.6. The van der Waals surface area contributed by atoms with Crippen LogP contribution in [0.3, 0.4) is 0 Å². The Morgan fingerprint density at radius 3 is 1.35 bits per heavy atom. The second kappa shape index (κ2) is 33.6. The van der Waals surface area contributed by atoms with Gasteiger partial charge in [0.1, 0.15) is 5.78 Å². The van der Waals surface area contributed by atoms with Crippen LogP contribution in [0.1, 0.15) is 155 Å². The van der Waals surface area contributed by atoms with Crippen molar-refractivity contribution in [2.24, 2.45) is 0 Å². The quantitative estimate of drug-likeness (QED) is 0.0609. The SMILES string of the molecule is CC(=O)CC[C@H](NC(=O)CCC(=O)NCCCOCCCCOCCCNC(=O)CCCCCCCCCCCCCCC(=O)O)C(C)=O. The molecule has 12 nitrogen and oxygen atoms in total. The number of hydrogen-bond donors (Lipinski definition) is 4. The van der Waals surface area contributed by atoms with Gasteiger partial charge in [0, 0.05) is 71.6 Å². The summed E-state index contributed by atoms with van der Waals surface area (Å²) in [7, 11) is 0. The second-order valence-corrected chi connectivity index (χ2v) is 12.9. The Bertz CT molecular complexity index is 914.